The average molecular weight is 311 g/mol. The smallest absolute Gasteiger partial charge is 0.327 e. The highest BCUT2D eigenvalue weighted by molar-refractivity contribution is 5.97. The monoisotopic (exact) mass is 311 g/mol. The molecule has 0 bridgehead atoms. The quantitative estimate of drug-likeness (QED) is 0.782. The number of nitrogens with two attached hydrogens (primary N) is 1. The third-order valence-corrected chi connectivity index (χ3v) is 3.74. The molecule has 2 heterocycles. The van der Waals surface area contributed by atoms with Gasteiger partial charge in [-0.2, -0.15) is 4.98 Å². The average Bonchev–Trinajstić information content (AvgIpc) is 2.93. The molecule has 0 aliphatic carbocycles. The second-order valence-electron chi connectivity index (χ2n) is 5.51. The minimum absolute atomic E-state index is 0.138. The van der Waals surface area contributed by atoms with Gasteiger partial charge in [0.05, 0.1) is 6.10 Å². The standard InChI is InChI=1S/C13H21N5O4/c1-8-4-3-5-17(6-10-15-7-16-22-10)13(21)18(8)12(20)11(14)9(2)19/h7-9,11,19H,3-6,14H2,1-2H3. The maximum Gasteiger partial charge on any atom is 0.327 e. The molecule has 2 rings (SSSR count). The number of imide groups is 1. The first-order chi connectivity index (χ1) is 10.4. The molecule has 0 spiro atoms. The number of urea groups is 1. The predicted octanol–water partition coefficient (Wildman–Crippen LogP) is -0.289. The largest absolute Gasteiger partial charge is 0.391 e. The molecule has 1 aromatic heterocycles. The summed E-state index contributed by atoms with van der Waals surface area (Å²) < 4.78 is 4.91. The van der Waals surface area contributed by atoms with Crippen LogP contribution in [-0.2, 0) is 11.3 Å². The van der Waals surface area contributed by atoms with Gasteiger partial charge in [-0.3, -0.25) is 9.69 Å². The topological polar surface area (TPSA) is 126 Å². The Bertz CT molecular complexity index is 519. The fraction of sp³-hybridized carbons (Fsp3) is 0.692. The van der Waals surface area contributed by atoms with Crippen molar-refractivity contribution >= 4 is 11.9 Å². The first kappa shape index (κ1) is 16.4. The van der Waals surface area contributed by atoms with E-state index in [1.54, 1.807) is 6.92 Å². The normalized spacial score (nSPS) is 22.4. The van der Waals surface area contributed by atoms with Gasteiger partial charge in [-0.25, -0.2) is 4.79 Å². The fourth-order valence-corrected chi connectivity index (χ4v) is 2.40. The van der Waals surface area contributed by atoms with E-state index in [0.717, 1.165) is 11.3 Å². The van der Waals surface area contributed by atoms with Gasteiger partial charge in [0, 0.05) is 12.6 Å². The first-order valence-corrected chi connectivity index (χ1v) is 7.23. The number of rotatable bonds is 4. The Morgan fingerprint density at radius 1 is 1.64 bits per heavy atom. The SMILES string of the molecule is CC(O)C(N)C(=O)N1C(=O)N(Cc2ncno2)CCCC1C. The summed E-state index contributed by atoms with van der Waals surface area (Å²) in [7, 11) is 0. The lowest BCUT2D eigenvalue weighted by Gasteiger charge is -2.31. The second-order valence-corrected chi connectivity index (χ2v) is 5.51. The van der Waals surface area contributed by atoms with Crippen molar-refractivity contribution < 1.29 is 19.2 Å². The van der Waals surface area contributed by atoms with Gasteiger partial charge in [0.15, 0.2) is 6.33 Å². The highest BCUT2D eigenvalue weighted by Crippen LogP contribution is 2.19. The van der Waals surface area contributed by atoms with E-state index in [9.17, 15) is 14.7 Å². The molecule has 9 heteroatoms. The van der Waals surface area contributed by atoms with Gasteiger partial charge >= 0.3 is 6.03 Å². The van der Waals surface area contributed by atoms with Gasteiger partial charge in [0.1, 0.15) is 12.6 Å². The molecule has 1 aliphatic heterocycles. The van der Waals surface area contributed by atoms with Crippen molar-refractivity contribution in [2.24, 2.45) is 5.73 Å². The Hall–Kier alpha value is -2.00. The molecule has 22 heavy (non-hydrogen) atoms. The summed E-state index contributed by atoms with van der Waals surface area (Å²) in [5.41, 5.74) is 5.69. The number of aliphatic hydroxyl groups is 1. The van der Waals surface area contributed by atoms with Crippen LogP contribution in [0, 0.1) is 0 Å². The molecule has 122 valence electrons. The van der Waals surface area contributed by atoms with Crippen LogP contribution in [-0.4, -0.2) is 61.7 Å². The van der Waals surface area contributed by atoms with Crippen LogP contribution in [0.25, 0.3) is 0 Å². The van der Waals surface area contributed by atoms with E-state index in [4.69, 9.17) is 10.3 Å². The van der Waals surface area contributed by atoms with Crippen molar-refractivity contribution in [3.63, 3.8) is 0 Å². The van der Waals surface area contributed by atoms with Gasteiger partial charge in [-0.1, -0.05) is 5.16 Å². The summed E-state index contributed by atoms with van der Waals surface area (Å²) in [5, 5.41) is 13.0. The number of hydrogen-bond acceptors (Lipinski definition) is 7. The number of nitrogens with zero attached hydrogens (tertiary/aromatic N) is 4. The molecular weight excluding hydrogens is 290 g/mol. The molecule has 3 N–H and O–H groups in total. The van der Waals surface area contributed by atoms with Crippen LogP contribution in [0.4, 0.5) is 4.79 Å². The Balaban J connectivity index is 2.18. The summed E-state index contributed by atoms with van der Waals surface area (Å²) in [6.07, 6.45) is 1.64. The third kappa shape index (κ3) is 3.42. The first-order valence-electron chi connectivity index (χ1n) is 7.23. The van der Waals surface area contributed by atoms with E-state index in [1.807, 2.05) is 0 Å². The number of aliphatic hydroxyl groups excluding tert-OH is 1. The van der Waals surface area contributed by atoms with Crippen molar-refractivity contribution in [3.05, 3.63) is 12.2 Å². The number of carbonyl (C=O) groups excluding carboxylic acids is 2. The Kier molecular flexibility index (Phi) is 5.09. The maximum atomic E-state index is 12.7. The van der Waals surface area contributed by atoms with Gasteiger partial charge < -0.3 is 20.3 Å². The molecule has 9 nitrogen and oxygen atoms in total. The molecule has 3 unspecified atom stereocenters. The lowest BCUT2D eigenvalue weighted by Crippen LogP contribution is -2.56. The molecule has 3 amide bonds. The van der Waals surface area contributed by atoms with Gasteiger partial charge in [-0.15, -0.1) is 0 Å². The van der Waals surface area contributed by atoms with Crippen molar-refractivity contribution in [1.29, 1.82) is 0 Å². The van der Waals surface area contributed by atoms with E-state index in [2.05, 4.69) is 10.1 Å². The Morgan fingerprint density at radius 3 is 2.95 bits per heavy atom. The highest BCUT2D eigenvalue weighted by atomic mass is 16.5. The molecule has 3 atom stereocenters. The van der Waals surface area contributed by atoms with Crippen LogP contribution >= 0.6 is 0 Å². The number of carbonyl (C=O) groups is 2. The summed E-state index contributed by atoms with van der Waals surface area (Å²) in [4.78, 5) is 31.5. The molecule has 0 radical (unpaired) electrons. The third-order valence-electron chi connectivity index (χ3n) is 3.74. The molecule has 1 fully saturated rings. The van der Waals surface area contributed by atoms with Crippen LogP contribution in [0.2, 0.25) is 0 Å². The van der Waals surface area contributed by atoms with Crippen LogP contribution < -0.4 is 5.73 Å². The molecule has 1 saturated heterocycles. The van der Waals surface area contributed by atoms with Crippen molar-refractivity contribution in [3.8, 4) is 0 Å². The van der Waals surface area contributed by atoms with E-state index in [0.29, 0.717) is 18.9 Å². The molecule has 0 aromatic carbocycles. The molecule has 1 aromatic rings. The predicted molar refractivity (Wildman–Crippen MR) is 75.3 cm³/mol. The van der Waals surface area contributed by atoms with Crippen molar-refractivity contribution in [2.45, 2.75) is 51.4 Å². The zero-order chi connectivity index (χ0) is 16.3. The van der Waals surface area contributed by atoms with E-state index < -0.39 is 24.1 Å². The van der Waals surface area contributed by atoms with Crippen LogP contribution in [0.3, 0.4) is 0 Å². The zero-order valence-electron chi connectivity index (χ0n) is 12.7. The van der Waals surface area contributed by atoms with E-state index in [1.165, 1.54) is 18.2 Å². The van der Waals surface area contributed by atoms with Crippen molar-refractivity contribution in [2.75, 3.05) is 6.54 Å². The molecule has 1 aliphatic rings. The van der Waals surface area contributed by atoms with E-state index >= 15 is 0 Å². The lowest BCUT2D eigenvalue weighted by molar-refractivity contribution is -0.133. The highest BCUT2D eigenvalue weighted by Gasteiger charge is 2.37. The number of hydrogen-bond donors (Lipinski definition) is 2. The van der Waals surface area contributed by atoms with E-state index in [-0.39, 0.29) is 12.6 Å². The molecule has 0 saturated carbocycles. The maximum absolute atomic E-state index is 12.7. The Labute approximate surface area is 128 Å². The summed E-state index contributed by atoms with van der Waals surface area (Å²) in [6.45, 7) is 3.84. The zero-order valence-corrected chi connectivity index (χ0v) is 12.7. The van der Waals surface area contributed by atoms with Gasteiger partial charge in [0.2, 0.25) is 11.8 Å². The van der Waals surface area contributed by atoms with Crippen molar-refractivity contribution in [1.82, 2.24) is 19.9 Å². The van der Waals surface area contributed by atoms with Gasteiger partial charge in [-0.05, 0) is 26.7 Å². The second kappa shape index (κ2) is 6.84. The minimum atomic E-state index is -1.13. The van der Waals surface area contributed by atoms with Crippen LogP contribution in [0.15, 0.2) is 10.9 Å². The fourth-order valence-electron chi connectivity index (χ4n) is 2.40. The summed E-state index contributed by atoms with van der Waals surface area (Å²) in [5.74, 6) is -0.278. The minimum Gasteiger partial charge on any atom is -0.391 e. The lowest BCUT2D eigenvalue weighted by atomic mass is 10.1. The van der Waals surface area contributed by atoms with Crippen LogP contribution in [0.5, 0.6) is 0 Å². The van der Waals surface area contributed by atoms with Crippen LogP contribution in [0.1, 0.15) is 32.6 Å². The number of aromatic nitrogens is 2. The molecular formula is C13H21N5O4. The number of amides is 3. The summed E-state index contributed by atoms with van der Waals surface area (Å²) >= 11 is 0. The summed E-state index contributed by atoms with van der Waals surface area (Å²) in [6, 6.07) is -1.86. The Morgan fingerprint density at radius 2 is 2.36 bits per heavy atom. The van der Waals surface area contributed by atoms with Gasteiger partial charge in [0.25, 0.3) is 0 Å².